The number of hydrogen-bond donors (Lipinski definition) is 1. The van der Waals surface area contributed by atoms with Gasteiger partial charge in [0.1, 0.15) is 18.1 Å². The molecule has 6 nitrogen and oxygen atoms in total. The number of ether oxygens (including phenoxy) is 2. The highest BCUT2D eigenvalue weighted by molar-refractivity contribution is 5.93. The number of benzene rings is 1. The third kappa shape index (κ3) is 4.95. The van der Waals surface area contributed by atoms with Crippen LogP contribution in [0.15, 0.2) is 48.3 Å². The lowest BCUT2D eigenvalue weighted by Crippen LogP contribution is -2.42. The number of methoxy groups -OCH3 is 1. The second-order valence-electron chi connectivity index (χ2n) is 7.69. The second kappa shape index (κ2) is 9.09. The van der Waals surface area contributed by atoms with E-state index < -0.39 is 0 Å². The Morgan fingerprint density at radius 3 is 3.14 bits per heavy atom. The second-order valence-corrected chi connectivity index (χ2v) is 7.69. The molecule has 1 fully saturated rings. The number of fused-ring (bicyclic) bond motifs is 1. The number of amides is 1. The lowest BCUT2D eigenvalue weighted by Gasteiger charge is -2.34. The van der Waals surface area contributed by atoms with E-state index in [1.165, 1.54) is 5.57 Å². The summed E-state index contributed by atoms with van der Waals surface area (Å²) in [6.45, 7) is 4.27. The molecule has 1 aromatic heterocycles. The topological polar surface area (TPSA) is 63.7 Å². The van der Waals surface area contributed by atoms with Gasteiger partial charge in [0.25, 0.3) is 5.91 Å². The molecule has 3 heterocycles. The molecular formula is C23H27N3O3. The maximum atomic E-state index is 12.3. The summed E-state index contributed by atoms with van der Waals surface area (Å²) >= 11 is 0. The number of hydrogen-bond acceptors (Lipinski definition) is 5. The van der Waals surface area contributed by atoms with Crippen molar-refractivity contribution in [2.75, 3.05) is 39.9 Å². The molecule has 2 aromatic rings. The molecular weight excluding hydrogens is 366 g/mol. The molecule has 1 N–H and O–H groups in total. The standard InChI is InChI=1S/C23H27N3O3/c1-28-21-6-7-22-20(11-21)10-18(16-29-22)15-26-9-3-4-17(14-26)12-25-23(27)19-5-2-8-24-13-19/h2,5-8,10-11,13,17H,3-4,9,12,14-16H2,1H3,(H,25,27). The van der Waals surface area contributed by atoms with Crippen LogP contribution in [0.2, 0.25) is 0 Å². The van der Waals surface area contributed by atoms with E-state index in [1.54, 1.807) is 31.6 Å². The van der Waals surface area contributed by atoms with E-state index in [2.05, 4.69) is 21.3 Å². The summed E-state index contributed by atoms with van der Waals surface area (Å²) in [5.41, 5.74) is 2.95. The average Bonchev–Trinajstić information content (AvgIpc) is 2.78. The molecule has 0 radical (unpaired) electrons. The Hall–Kier alpha value is -2.86. The minimum absolute atomic E-state index is 0.0517. The van der Waals surface area contributed by atoms with Crippen LogP contribution in [-0.2, 0) is 0 Å². The average molecular weight is 393 g/mol. The van der Waals surface area contributed by atoms with Gasteiger partial charge >= 0.3 is 0 Å². The van der Waals surface area contributed by atoms with Gasteiger partial charge in [-0.3, -0.25) is 14.7 Å². The molecule has 0 saturated carbocycles. The summed E-state index contributed by atoms with van der Waals surface area (Å²) in [5, 5.41) is 3.06. The van der Waals surface area contributed by atoms with Gasteiger partial charge in [-0.2, -0.15) is 0 Å². The Labute approximate surface area is 171 Å². The number of nitrogens with one attached hydrogen (secondary N) is 1. The minimum Gasteiger partial charge on any atom is -0.497 e. The van der Waals surface area contributed by atoms with E-state index in [0.29, 0.717) is 24.6 Å². The fourth-order valence-electron chi connectivity index (χ4n) is 4.01. The number of rotatable bonds is 6. The lowest BCUT2D eigenvalue weighted by atomic mass is 9.97. The summed E-state index contributed by atoms with van der Waals surface area (Å²) in [7, 11) is 1.68. The first-order valence-electron chi connectivity index (χ1n) is 10.1. The van der Waals surface area contributed by atoms with Crippen molar-refractivity contribution in [2.45, 2.75) is 12.8 Å². The van der Waals surface area contributed by atoms with Gasteiger partial charge in [0.05, 0.1) is 12.7 Å². The van der Waals surface area contributed by atoms with Crippen LogP contribution >= 0.6 is 0 Å². The first-order valence-corrected chi connectivity index (χ1v) is 10.1. The van der Waals surface area contributed by atoms with E-state index in [-0.39, 0.29) is 5.91 Å². The maximum absolute atomic E-state index is 12.3. The van der Waals surface area contributed by atoms with Crippen LogP contribution < -0.4 is 14.8 Å². The van der Waals surface area contributed by atoms with E-state index in [0.717, 1.165) is 49.5 Å². The van der Waals surface area contributed by atoms with Gasteiger partial charge in [-0.05, 0) is 67.3 Å². The van der Waals surface area contributed by atoms with Crippen molar-refractivity contribution in [3.63, 3.8) is 0 Å². The third-order valence-corrected chi connectivity index (χ3v) is 5.49. The third-order valence-electron chi connectivity index (χ3n) is 5.49. The largest absolute Gasteiger partial charge is 0.497 e. The summed E-state index contributed by atoms with van der Waals surface area (Å²) < 4.78 is 11.2. The Balaban J connectivity index is 1.32. The van der Waals surface area contributed by atoms with Crippen LogP contribution in [-0.4, -0.2) is 55.7 Å². The summed E-state index contributed by atoms with van der Waals surface area (Å²) in [6.07, 6.45) is 7.78. The van der Waals surface area contributed by atoms with E-state index in [4.69, 9.17) is 9.47 Å². The number of carbonyl (C=O) groups is 1. The Morgan fingerprint density at radius 1 is 1.38 bits per heavy atom. The van der Waals surface area contributed by atoms with Crippen LogP contribution in [0.4, 0.5) is 0 Å². The van der Waals surface area contributed by atoms with E-state index in [1.807, 2.05) is 18.2 Å². The number of piperidine rings is 1. The van der Waals surface area contributed by atoms with Gasteiger partial charge in [0, 0.05) is 37.6 Å². The van der Waals surface area contributed by atoms with Crippen molar-refractivity contribution in [2.24, 2.45) is 5.92 Å². The molecule has 2 aliphatic rings. The van der Waals surface area contributed by atoms with Crippen LogP contribution in [0.1, 0.15) is 28.8 Å². The molecule has 1 aromatic carbocycles. The van der Waals surface area contributed by atoms with Crippen molar-refractivity contribution in [3.05, 3.63) is 59.4 Å². The summed E-state index contributed by atoms with van der Waals surface area (Å²) in [6, 6.07) is 9.47. The van der Waals surface area contributed by atoms with Gasteiger partial charge in [-0.25, -0.2) is 0 Å². The number of carbonyl (C=O) groups excluding carboxylic acids is 1. The molecule has 152 valence electrons. The van der Waals surface area contributed by atoms with Crippen LogP contribution in [0.5, 0.6) is 11.5 Å². The Morgan fingerprint density at radius 2 is 2.31 bits per heavy atom. The number of aromatic nitrogens is 1. The number of nitrogens with zero attached hydrogens (tertiary/aromatic N) is 2. The lowest BCUT2D eigenvalue weighted by molar-refractivity contribution is 0.0933. The first-order chi connectivity index (χ1) is 14.2. The minimum atomic E-state index is -0.0517. The molecule has 6 heteroatoms. The van der Waals surface area contributed by atoms with Crippen molar-refractivity contribution >= 4 is 12.0 Å². The van der Waals surface area contributed by atoms with Crippen molar-refractivity contribution in [3.8, 4) is 11.5 Å². The number of pyridine rings is 1. The maximum Gasteiger partial charge on any atom is 0.252 e. The quantitative estimate of drug-likeness (QED) is 0.817. The number of likely N-dealkylation sites (tertiary alicyclic amines) is 1. The fraction of sp³-hybridized carbons (Fsp3) is 0.391. The highest BCUT2D eigenvalue weighted by atomic mass is 16.5. The smallest absolute Gasteiger partial charge is 0.252 e. The van der Waals surface area contributed by atoms with Gasteiger partial charge in [-0.1, -0.05) is 0 Å². The summed E-state index contributed by atoms with van der Waals surface area (Å²) in [4.78, 5) is 18.7. The molecule has 2 aliphatic heterocycles. The van der Waals surface area contributed by atoms with E-state index in [9.17, 15) is 4.79 Å². The molecule has 0 spiro atoms. The van der Waals surface area contributed by atoms with Crippen LogP contribution in [0, 0.1) is 5.92 Å². The zero-order valence-electron chi connectivity index (χ0n) is 16.8. The predicted molar refractivity (Wildman–Crippen MR) is 112 cm³/mol. The van der Waals surface area contributed by atoms with Gasteiger partial charge < -0.3 is 14.8 Å². The molecule has 29 heavy (non-hydrogen) atoms. The summed E-state index contributed by atoms with van der Waals surface area (Å²) in [5.74, 6) is 2.16. The Bertz CT molecular complexity index is 882. The van der Waals surface area contributed by atoms with Gasteiger partial charge in [0.2, 0.25) is 0 Å². The highest BCUT2D eigenvalue weighted by Crippen LogP contribution is 2.30. The molecule has 1 saturated heterocycles. The molecule has 0 aliphatic carbocycles. The molecule has 1 unspecified atom stereocenters. The SMILES string of the molecule is COc1ccc2c(c1)C=C(CN1CCCC(CNC(=O)c3cccnc3)C1)CO2. The van der Waals surface area contributed by atoms with Gasteiger partial charge in [0.15, 0.2) is 0 Å². The van der Waals surface area contributed by atoms with E-state index >= 15 is 0 Å². The van der Waals surface area contributed by atoms with Crippen LogP contribution in [0.3, 0.4) is 0 Å². The molecule has 0 bridgehead atoms. The molecule has 4 rings (SSSR count). The predicted octanol–water partition coefficient (Wildman–Crippen LogP) is 3.01. The monoisotopic (exact) mass is 393 g/mol. The first kappa shape index (κ1) is 19.5. The van der Waals surface area contributed by atoms with Gasteiger partial charge in [-0.15, -0.1) is 0 Å². The molecule has 1 atom stereocenters. The Kier molecular flexibility index (Phi) is 6.10. The van der Waals surface area contributed by atoms with Crippen molar-refractivity contribution in [1.82, 2.24) is 15.2 Å². The van der Waals surface area contributed by atoms with Crippen molar-refractivity contribution in [1.29, 1.82) is 0 Å². The fourth-order valence-corrected chi connectivity index (χ4v) is 4.01. The zero-order valence-corrected chi connectivity index (χ0v) is 16.8. The van der Waals surface area contributed by atoms with Crippen molar-refractivity contribution < 1.29 is 14.3 Å². The normalized spacial score (nSPS) is 18.9. The zero-order chi connectivity index (χ0) is 20.1. The highest BCUT2D eigenvalue weighted by Gasteiger charge is 2.22. The van der Waals surface area contributed by atoms with Crippen LogP contribution in [0.25, 0.3) is 6.08 Å². The molecule has 1 amide bonds.